The first-order chi connectivity index (χ1) is 18.5. The van der Waals surface area contributed by atoms with E-state index in [9.17, 15) is 14.8 Å². The molecule has 2 atom stereocenters. The van der Waals surface area contributed by atoms with Gasteiger partial charge in [0.25, 0.3) is 0 Å². The van der Waals surface area contributed by atoms with Crippen LogP contribution in [0.4, 0.5) is 9.52 Å². The smallest absolute Gasteiger partial charge is 0.185 e. The Hall–Kier alpha value is -4.27. The number of aryl methyl sites for hydroxylation is 1. The molecular weight excluding hydrogens is 503 g/mol. The van der Waals surface area contributed by atoms with Gasteiger partial charge in [-0.2, -0.15) is 10.4 Å². The fourth-order valence-electron chi connectivity index (χ4n) is 5.65. The number of nitrogens with one attached hydrogen (secondary N) is 1. The molecule has 1 aromatic carbocycles. The number of aromatic nitrogens is 5. The van der Waals surface area contributed by atoms with Crippen LogP contribution in [0.1, 0.15) is 17.5 Å². The summed E-state index contributed by atoms with van der Waals surface area (Å²) >= 11 is 1.58. The molecule has 5 aromatic rings. The molecule has 11 heteroatoms. The third kappa shape index (κ3) is 3.72. The van der Waals surface area contributed by atoms with E-state index in [1.165, 1.54) is 18.2 Å². The second-order valence-corrected chi connectivity index (χ2v) is 10.9. The van der Waals surface area contributed by atoms with Crippen molar-refractivity contribution in [2.75, 3.05) is 18.0 Å². The van der Waals surface area contributed by atoms with Gasteiger partial charge in [0.15, 0.2) is 5.13 Å². The molecule has 38 heavy (non-hydrogen) atoms. The molecule has 190 valence electrons. The number of fused-ring (bicyclic) bond motifs is 3. The molecule has 0 saturated carbocycles. The van der Waals surface area contributed by atoms with Gasteiger partial charge in [-0.3, -0.25) is 9.58 Å². The molecule has 2 N–H and O–H groups in total. The predicted octanol–water partition coefficient (Wildman–Crippen LogP) is 4.27. The number of hydrogen-bond acceptors (Lipinski definition) is 8. The van der Waals surface area contributed by atoms with Gasteiger partial charge in [-0.15, -0.1) is 0 Å². The quantitative estimate of drug-likeness (QED) is 0.352. The van der Waals surface area contributed by atoms with Gasteiger partial charge in [0.05, 0.1) is 22.3 Å². The van der Waals surface area contributed by atoms with Gasteiger partial charge in [0.2, 0.25) is 0 Å². The Bertz CT molecular complexity index is 1720. The van der Waals surface area contributed by atoms with Gasteiger partial charge in [0, 0.05) is 79.4 Å². The van der Waals surface area contributed by atoms with Gasteiger partial charge in [-0.05, 0) is 30.7 Å². The Kier molecular flexibility index (Phi) is 5.21. The van der Waals surface area contributed by atoms with E-state index < -0.39 is 0 Å². The van der Waals surface area contributed by atoms with E-state index in [1.807, 2.05) is 25.5 Å². The van der Waals surface area contributed by atoms with Crippen molar-refractivity contribution in [3.8, 4) is 33.5 Å². The van der Waals surface area contributed by atoms with Crippen LogP contribution < -0.4 is 4.90 Å². The summed E-state index contributed by atoms with van der Waals surface area (Å²) in [7, 11) is 1.87. The standard InChI is InChI=1S/C27H23FN8OS/c1-34-11-17(9-32-34)22-6-21-25(16(7-29)8-30-26(21)33-22)24-10-31-27(38-24)35-13-19-5-20(14-35)36(19)12-15-4-18(28)2-3-23(15)37/h2-4,6,8-11,19-20,37H,5,12-14H2,1H3,(H,30,33). The summed E-state index contributed by atoms with van der Waals surface area (Å²) in [6.07, 6.45) is 8.25. The number of thiazole rings is 1. The highest BCUT2D eigenvalue weighted by Crippen LogP contribution is 2.42. The first kappa shape index (κ1) is 22.9. The van der Waals surface area contributed by atoms with Gasteiger partial charge in [-0.1, -0.05) is 11.3 Å². The van der Waals surface area contributed by atoms with Crippen LogP contribution in [-0.2, 0) is 13.6 Å². The van der Waals surface area contributed by atoms with E-state index in [0.717, 1.165) is 51.7 Å². The van der Waals surface area contributed by atoms with Crippen molar-refractivity contribution >= 4 is 27.5 Å². The number of aromatic amines is 1. The number of pyridine rings is 1. The number of phenolic OH excluding ortho intramolecular Hbond substituents is 1. The Morgan fingerprint density at radius 2 is 2.03 bits per heavy atom. The summed E-state index contributed by atoms with van der Waals surface area (Å²) in [5.74, 6) is -0.205. The molecule has 0 aliphatic carbocycles. The highest BCUT2D eigenvalue weighted by molar-refractivity contribution is 7.19. The number of H-pyrrole nitrogens is 1. The predicted molar refractivity (Wildman–Crippen MR) is 142 cm³/mol. The molecule has 0 amide bonds. The minimum atomic E-state index is -0.336. The number of aromatic hydroxyl groups is 1. The number of phenols is 1. The van der Waals surface area contributed by atoms with Crippen LogP contribution in [0, 0.1) is 17.1 Å². The number of piperazine rings is 1. The maximum Gasteiger partial charge on any atom is 0.185 e. The van der Waals surface area contributed by atoms with Crippen LogP contribution in [0.15, 0.2) is 49.1 Å². The third-order valence-electron chi connectivity index (χ3n) is 7.54. The fraction of sp³-hybridized carbons (Fsp3) is 0.259. The molecule has 2 unspecified atom stereocenters. The normalized spacial score (nSPS) is 19.0. The summed E-state index contributed by atoms with van der Waals surface area (Å²) in [5.41, 5.74) is 4.51. The molecule has 9 nitrogen and oxygen atoms in total. The monoisotopic (exact) mass is 526 g/mol. The van der Waals surface area contributed by atoms with Crippen molar-refractivity contribution in [1.29, 1.82) is 5.26 Å². The number of piperidine rings is 1. The fourth-order valence-corrected chi connectivity index (χ4v) is 6.65. The Morgan fingerprint density at radius 3 is 2.79 bits per heavy atom. The molecule has 4 aromatic heterocycles. The molecule has 8 rings (SSSR count). The molecular formula is C27H23FN8OS. The van der Waals surface area contributed by atoms with E-state index in [-0.39, 0.29) is 11.6 Å². The molecule has 7 heterocycles. The van der Waals surface area contributed by atoms with Gasteiger partial charge in [-0.25, -0.2) is 14.4 Å². The molecule has 3 aliphatic heterocycles. The van der Waals surface area contributed by atoms with Crippen LogP contribution in [0.3, 0.4) is 0 Å². The van der Waals surface area contributed by atoms with Crippen LogP contribution in [-0.4, -0.2) is 59.9 Å². The summed E-state index contributed by atoms with van der Waals surface area (Å²) in [5, 5.41) is 26.1. The van der Waals surface area contributed by atoms with Crippen molar-refractivity contribution in [3.63, 3.8) is 0 Å². The van der Waals surface area contributed by atoms with Crippen molar-refractivity contribution < 1.29 is 9.50 Å². The maximum absolute atomic E-state index is 13.7. The Morgan fingerprint density at radius 1 is 1.18 bits per heavy atom. The largest absolute Gasteiger partial charge is 0.508 e. The topological polar surface area (TPSA) is 110 Å². The average molecular weight is 527 g/mol. The second-order valence-electron chi connectivity index (χ2n) is 9.91. The Labute approximate surface area is 221 Å². The van der Waals surface area contributed by atoms with Crippen molar-refractivity contribution in [2.45, 2.75) is 25.0 Å². The zero-order valence-electron chi connectivity index (χ0n) is 20.5. The highest BCUT2D eigenvalue weighted by atomic mass is 32.1. The maximum atomic E-state index is 13.7. The van der Waals surface area contributed by atoms with E-state index in [1.54, 1.807) is 28.4 Å². The second kappa shape index (κ2) is 8.65. The number of benzene rings is 1. The highest BCUT2D eigenvalue weighted by Gasteiger charge is 2.45. The van der Waals surface area contributed by atoms with E-state index in [0.29, 0.717) is 35.4 Å². The zero-order valence-corrected chi connectivity index (χ0v) is 21.3. The van der Waals surface area contributed by atoms with Crippen molar-refractivity contribution in [2.24, 2.45) is 7.05 Å². The first-order valence-electron chi connectivity index (χ1n) is 12.3. The number of nitrogens with zero attached hydrogens (tertiary/aromatic N) is 7. The van der Waals surface area contributed by atoms with E-state index in [4.69, 9.17) is 4.98 Å². The number of anilines is 1. The summed E-state index contributed by atoms with van der Waals surface area (Å²) < 4.78 is 15.4. The number of nitriles is 1. The van der Waals surface area contributed by atoms with Crippen LogP contribution >= 0.6 is 11.3 Å². The van der Waals surface area contributed by atoms with Crippen LogP contribution in [0.25, 0.3) is 32.7 Å². The van der Waals surface area contributed by atoms with E-state index in [2.05, 4.69) is 30.9 Å². The lowest BCUT2D eigenvalue weighted by molar-refractivity contribution is -0.00897. The molecule has 0 spiro atoms. The van der Waals surface area contributed by atoms with Gasteiger partial charge in [0.1, 0.15) is 23.3 Å². The van der Waals surface area contributed by atoms with E-state index >= 15 is 0 Å². The SMILES string of the molecule is Cn1cc(-c2cc3c(-c4cnc(N5CC6CC(C5)N6Cc5cc(F)ccc5O)s4)c(C#N)cnc3[nH]2)cn1. The molecule has 3 aliphatic rings. The minimum absolute atomic E-state index is 0.131. The van der Waals surface area contributed by atoms with Gasteiger partial charge < -0.3 is 15.0 Å². The lowest BCUT2D eigenvalue weighted by Crippen LogP contribution is -2.68. The van der Waals surface area contributed by atoms with Crippen molar-refractivity contribution in [1.82, 2.24) is 29.6 Å². The van der Waals surface area contributed by atoms with Crippen molar-refractivity contribution in [3.05, 3.63) is 66.0 Å². The first-order valence-corrected chi connectivity index (χ1v) is 13.1. The van der Waals surface area contributed by atoms with Gasteiger partial charge >= 0.3 is 0 Å². The van der Waals surface area contributed by atoms with Crippen LogP contribution in [0.2, 0.25) is 0 Å². The summed E-state index contributed by atoms with van der Waals surface area (Å²) in [6.45, 7) is 2.15. The zero-order chi connectivity index (χ0) is 26.0. The lowest BCUT2D eigenvalue weighted by atomic mass is 9.87. The lowest BCUT2D eigenvalue weighted by Gasteiger charge is -2.56. The average Bonchev–Trinajstić information content (AvgIpc) is 3.68. The number of hydrogen-bond donors (Lipinski definition) is 2. The Balaban J connectivity index is 1.15. The van der Waals surface area contributed by atoms with Crippen LogP contribution in [0.5, 0.6) is 5.75 Å². The molecule has 0 radical (unpaired) electrons. The molecule has 2 bridgehead atoms. The molecule has 3 saturated heterocycles. The summed E-state index contributed by atoms with van der Waals surface area (Å²) in [4.78, 5) is 18.1. The number of halogens is 1. The minimum Gasteiger partial charge on any atom is -0.508 e. The summed E-state index contributed by atoms with van der Waals surface area (Å²) in [6, 6.07) is 9.06. The number of rotatable bonds is 5. The molecule has 3 fully saturated rings. The third-order valence-corrected chi connectivity index (χ3v) is 8.62.